The van der Waals surface area contributed by atoms with Gasteiger partial charge in [-0.2, -0.15) is 0 Å². The molecule has 3 aromatic carbocycles. The van der Waals surface area contributed by atoms with Gasteiger partial charge in [-0.1, -0.05) is 60.7 Å². The Balaban J connectivity index is 1.32. The van der Waals surface area contributed by atoms with Gasteiger partial charge >= 0.3 is 6.03 Å². The highest BCUT2D eigenvalue weighted by Gasteiger charge is 2.48. The van der Waals surface area contributed by atoms with Crippen LogP contribution in [0.2, 0.25) is 0 Å². The Bertz CT molecular complexity index is 1070. The van der Waals surface area contributed by atoms with Crippen LogP contribution in [0.1, 0.15) is 29.5 Å². The maximum atomic E-state index is 13.3. The van der Waals surface area contributed by atoms with Gasteiger partial charge in [0.25, 0.3) is 0 Å². The molecule has 0 aliphatic carbocycles. The fraction of sp³-hybridized carbons (Fsp3) is 0.345. The third-order valence-electron chi connectivity index (χ3n) is 7.69. The molecule has 5 nitrogen and oxygen atoms in total. The van der Waals surface area contributed by atoms with Crippen molar-refractivity contribution in [2.45, 2.75) is 31.0 Å². The second-order valence-electron chi connectivity index (χ2n) is 10.00. The zero-order valence-electron chi connectivity index (χ0n) is 20.1. The molecular formula is C29H34N3O2+. The zero-order valence-corrected chi connectivity index (χ0v) is 20.1. The summed E-state index contributed by atoms with van der Waals surface area (Å²) >= 11 is 0. The third-order valence-corrected chi connectivity index (χ3v) is 7.69. The first-order chi connectivity index (χ1) is 16.5. The Morgan fingerprint density at radius 3 is 2.00 bits per heavy atom. The summed E-state index contributed by atoms with van der Waals surface area (Å²) in [5, 5.41) is 3.39. The van der Waals surface area contributed by atoms with E-state index >= 15 is 0 Å². The van der Waals surface area contributed by atoms with Crippen molar-refractivity contribution in [2.24, 2.45) is 0 Å². The quantitative estimate of drug-likeness (QED) is 0.543. The van der Waals surface area contributed by atoms with Crippen molar-refractivity contribution in [2.75, 3.05) is 33.8 Å². The average molecular weight is 457 g/mol. The first-order valence-corrected chi connectivity index (χ1v) is 12.2. The van der Waals surface area contributed by atoms with E-state index in [9.17, 15) is 4.79 Å². The van der Waals surface area contributed by atoms with E-state index in [1.54, 1.807) is 7.11 Å². The summed E-state index contributed by atoms with van der Waals surface area (Å²) in [6.07, 6.45) is 2.03. The number of hydrogen-bond donors (Lipinski definition) is 1. The number of nitrogens with one attached hydrogen (secondary N) is 1. The van der Waals surface area contributed by atoms with Crippen molar-refractivity contribution in [3.63, 3.8) is 0 Å². The van der Waals surface area contributed by atoms with Crippen LogP contribution in [-0.4, -0.2) is 55.2 Å². The van der Waals surface area contributed by atoms with Crippen LogP contribution in [0.5, 0.6) is 5.75 Å². The van der Waals surface area contributed by atoms with Crippen LogP contribution < -0.4 is 10.1 Å². The summed E-state index contributed by atoms with van der Waals surface area (Å²) in [6, 6.07) is 29.5. The third kappa shape index (κ3) is 4.28. The summed E-state index contributed by atoms with van der Waals surface area (Å²) in [5.41, 5.74) is 3.08. The molecule has 0 saturated carbocycles. The lowest BCUT2D eigenvalue weighted by Gasteiger charge is -2.43. The number of piperidine rings is 1. The zero-order chi connectivity index (χ0) is 23.6. The minimum Gasteiger partial charge on any atom is -0.497 e. The SMILES string of the molecule is COc1ccc(C[N+]2(C)CCC(N3CC(c4ccccc4)(c4ccccc4)NC3=O)CC2)cc1. The van der Waals surface area contributed by atoms with Crippen LogP contribution >= 0.6 is 0 Å². The monoisotopic (exact) mass is 456 g/mol. The molecule has 2 heterocycles. The van der Waals surface area contributed by atoms with Crippen LogP contribution in [0.15, 0.2) is 84.9 Å². The van der Waals surface area contributed by atoms with Gasteiger partial charge in [0.1, 0.15) is 17.8 Å². The Labute approximate surface area is 202 Å². The summed E-state index contributed by atoms with van der Waals surface area (Å²) in [7, 11) is 4.04. The van der Waals surface area contributed by atoms with Crippen molar-refractivity contribution in [3.8, 4) is 5.75 Å². The minimum atomic E-state index is -0.516. The number of carbonyl (C=O) groups excluding carboxylic acids is 1. The number of methoxy groups -OCH3 is 1. The molecule has 2 fully saturated rings. The van der Waals surface area contributed by atoms with E-state index in [0.29, 0.717) is 6.54 Å². The number of likely N-dealkylation sites (tertiary alicyclic amines) is 1. The van der Waals surface area contributed by atoms with Gasteiger partial charge in [0.05, 0.1) is 33.8 Å². The topological polar surface area (TPSA) is 41.6 Å². The number of quaternary nitrogens is 1. The maximum absolute atomic E-state index is 13.3. The predicted molar refractivity (Wildman–Crippen MR) is 135 cm³/mol. The molecule has 1 N–H and O–H groups in total. The van der Waals surface area contributed by atoms with E-state index in [1.807, 2.05) is 24.3 Å². The van der Waals surface area contributed by atoms with E-state index in [1.165, 1.54) is 5.56 Å². The molecule has 2 saturated heterocycles. The van der Waals surface area contributed by atoms with Crippen molar-refractivity contribution in [1.82, 2.24) is 10.2 Å². The Morgan fingerprint density at radius 2 is 1.47 bits per heavy atom. The highest BCUT2D eigenvalue weighted by Crippen LogP contribution is 2.37. The largest absolute Gasteiger partial charge is 0.497 e. The fourth-order valence-corrected chi connectivity index (χ4v) is 5.67. The second-order valence-corrected chi connectivity index (χ2v) is 10.00. The molecule has 2 aliphatic rings. The Morgan fingerprint density at radius 1 is 0.912 bits per heavy atom. The van der Waals surface area contributed by atoms with Gasteiger partial charge in [0.2, 0.25) is 0 Å². The van der Waals surface area contributed by atoms with Gasteiger partial charge in [-0.25, -0.2) is 4.79 Å². The molecule has 0 radical (unpaired) electrons. The van der Waals surface area contributed by atoms with Crippen molar-refractivity contribution in [1.29, 1.82) is 0 Å². The molecule has 2 amide bonds. The summed E-state index contributed by atoms with van der Waals surface area (Å²) in [5.74, 6) is 0.894. The van der Waals surface area contributed by atoms with Gasteiger partial charge in [-0.3, -0.25) is 0 Å². The fourth-order valence-electron chi connectivity index (χ4n) is 5.67. The molecule has 34 heavy (non-hydrogen) atoms. The van der Waals surface area contributed by atoms with E-state index in [2.05, 4.69) is 77.9 Å². The van der Waals surface area contributed by atoms with Crippen molar-refractivity contribution < 1.29 is 14.0 Å². The van der Waals surface area contributed by atoms with Gasteiger partial charge in [-0.05, 0) is 35.4 Å². The van der Waals surface area contributed by atoms with Gasteiger partial charge < -0.3 is 19.4 Å². The molecule has 176 valence electrons. The van der Waals surface area contributed by atoms with Crippen LogP contribution in [0.3, 0.4) is 0 Å². The number of benzene rings is 3. The summed E-state index contributed by atoms with van der Waals surface area (Å²) in [4.78, 5) is 15.4. The molecular weight excluding hydrogens is 422 g/mol. The number of hydrogen-bond acceptors (Lipinski definition) is 2. The second kappa shape index (κ2) is 9.15. The number of ether oxygens (including phenoxy) is 1. The molecule has 0 spiro atoms. The Kier molecular flexibility index (Phi) is 6.05. The smallest absolute Gasteiger partial charge is 0.318 e. The Hall–Kier alpha value is -3.31. The lowest BCUT2D eigenvalue weighted by molar-refractivity contribution is -0.927. The van der Waals surface area contributed by atoms with E-state index < -0.39 is 5.54 Å². The number of carbonyl (C=O) groups is 1. The number of amides is 2. The molecule has 5 heteroatoms. The number of urea groups is 1. The molecule has 0 atom stereocenters. The van der Waals surface area contributed by atoms with Gasteiger partial charge in [0.15, 0.2) is 0 Å². The van der Waals surface area contributed by atoms with Crippen LogP contribution in [-0.2, 0) is 12.1 Å². The van der Waals surface area contributed by atoms with Crippen molar-refractivity contribution >= 4 is 6.03 Å². The molecule has 0 bridgehead atoms. The van der Waals surface area contributed by atoms with E-state index in [-0.39, 0.29) is 12.1 Å². The van der Waals surface area contributed by atoms with Gasteiger partial charge in [0, 0.05) is 24.4 Å². The molecule has 5 rings (SSSR count). The first kappa shape index (κ1) is 22.5. The van der Waals surface area contributed by atoms with Crippen LogP contribution in [0.4, 0.5) is 4.79 Å². The number of rotatable bonds is 6. The average Bonchev–Trinajstić information content (AvgIpc) is 3.24. The standard InChI is InChI=1S/C29H33N3O2/c1-32(21-23-13-15-27(34-2)16-14-23)19-17-26(18-20-32)31-22-29(30-28(31)33,24-9-5-3-6-10-24)25-11-7-4-8-12-25/h3-16,26H,17-22H2,1-2H3/p+1. The maximum Gasteiger partial charge on any atom is 0.318 e. The van der Waals surface area contributed by atoms with Gasteiger partial charge in [-0.15, -0.1) is 0 Å². The summed E-state index contributed by atoms with van der Waals surface area (Å²) in [6.45, 7) is 3.78. The number of nitrogens with zero attached hydrogens (tertiary/aromatic N) is 2. The highest BCUT2D eigenvalue weighted by atomic mass is 16.5. The molecule has 2 aliphatic heterocycles. The van der Waals surface area contributed by atoms with E-state index in [0.717, 1.165) is 53.8 Å². The van der Waals surface area contributed by atoms with Crippen molar-refractivity contribution in [3.05, 3.63) is 102 Å². The first-order valence-electron chi connectivity index (χ1n) is 12.2. The molecule has 3 aromatic rings. The van der Waals surface area contributed by atoms with Crippen LogP contribution in [0, 0.1) is 0 Å². The lowest BCUT2D eigenvalue weighted by atomic mass is 9.83. The van der Waals surface area contributed by atoms with Crippen LogP contribution in [0.25, 0.3) is 0 Å². The molecule has 0 aromatic heterocycles. The van der Waals surface area contributed by atoms with E-state index in [4.69, 9.17) is 4.74 Å². The summed E-state index contributed by atoms with van der Waals surface area (Å²) < 4.78 is 6.30. The normalized spacial score (nSPS) is 24.0. The highest BCUT2D eigenvalue weighted by molar-refractivity contribution is 5.80. The molecule has 0 unspecified atom stereocenters. The predicted octanol–water partition coefficient (Wildman–Crippen LogP) is 4.77. The minimum absolute atomic E-state index is 0.0453. The lowest BCUT2D eigenvalue weighted by Crippen LogP contribution is -2.54.